The van der Waals surface area contributed by atoms with Gasteiger partial charge in [-0.3, -0.25) is 31.2 Å². The summed E-state index contributed by atoms with van der Waals surface area (Å²) in [4.78, 5) is 28.1. The van der Waals surface area contributed by atoms with Gasteiger partial charge in [0.25, 0.3) is 11.8 Å². The number of benzene rings is 3. The van der Waals surface area contributed by atoms with Gasteiger partial charge >= 0.3 is 0 Å². The van der Waals surface area contributed by atoms with Crippen LogP contribution in [0, 0.1) is 21.6 Å². The molecule has 0 aromatic heterocycles. The van der Waals surface area contributed by atoms with Gasteiger partial charge in [-0.2, -0.15) is 20.4 Å². The molecule has 2 amide bonds. The molecule has 54 heavy (non-hydrogen) atoms. The predicted molar refractivity (Wildman–Crippen MR) is 216 cm³/mol. The normalized spacial score (nSPS) is 11.9. The van der Waals surface area contributed by atoms with Crippen molar-refractivity contribution in [3.63, 3.8) is 0 Å². The van der Waals surface area contributed by atoms with Crippen LogP contribution in [-0.2, 0) is 0 Å². The number of rotatable bonds is 13. The second-order valence-corrected chi connectivity index (χ2v) is 12.2. The van der Waals surface area contributed by atoms with E-state index in [4.69, 9.17) is 44.6 Å². The van der Waals surface area contributed by atoms with E-state index < -0.39 is 11.8 Å². The Morgan fingerprint density at radius 1 is 0.481 bits per heavy atom. The minimum absolute atomic E-state index is 0.192. The van der Waals surface area contributed by atoms with E-state index in [0.717, 1.165) is 0 Å². The van der Waals surface area contributed by atoms with E-state index >= 15 is 0 Å². The van der Waals surface area contributed by atoms with E-state index in [9.17, 15) is 9.59 Å². The number of nitrogens with one attached hydrogen (secondary N) is 10. The highest BCUT2D eigenvalue weighted by molar-refractivity contribution is 7.98. The van der Waals surface area contributed by atoms with Crippen molar-refractivity contribution in [2.45, 2.75) is 32.6 Å². The second kappa shape index (κ2) is 18.8. The van der Waals surface area contributed by atoms with Gasteiger partial charge in [0.1, 0.15) is 0 Å². The van der Waals surface area contributed by atoms with Gasteiger partial charge < -0.3 is 33.6 Å². The molecule has 0 aliphatic carbocycles. The predicted octanol–water partition coefficient (Wildman–Crippen LogP) is 1.74. The van der Waals surface area contributed by atoms with Crippen LogP contribution in [-0.4, -0.2) is 64.8 Å². The molecule has 3 rings (SSSR count). The fourth-order valence-electron chi connectivity index (χ4n) is 4.46. The molecule has 0 aliphatic heterocycles. The standard InChI is InChI=1S/C33H42N18O2S/c1-15(44-48-30(34)35)19-6-20(16(2)45-49-31(36)37)10-25(9-19)42-28(52)23-8-24(14-27(13-23)54-5)29(53)43-26-11-21(17(3)46-50-32(38)39)7-22(12-26)18(4)47-51-33(40)41/h6-14H,1-5H3,(H,42,52)(H,43,53)(H4,34,35,48)(H4,36,37,49)(H4,38,39,50)(H4,40,41,51)/b44-15-,45-16-,46-17-,47-18+. The Kier molecular flexibility index (Phi) is 14.3. The maximum Gasteiger partial charge on any atom is 0.255 e. The lowest BCUT2D eigenvalue weighted by molar-refractivity contribution is 0.102. The molecule has 0 radical (unpaired) electrons. The average molecular weight is 755 g/mol. The van der Waals surface area contributed by atoms with Crippen molar-refractivity contribution >= 4 is 81.6 Å². The summed E-state index contributed by atoms with van der Waals surface area (Å²) in [5, 5.41) is 51.8. The van der Waals surface area contributed by atoms with E-state index in [0.29, 0.717) is 61.4 Å². The fourth-order valence-corrected chi connectivity index (χ4v) is 4.94. The van der Waals surface area contributed by atoms with Gasteiger partial charge in [0.2, 0.25) is 23.8 Å². The number of guanidine groups is 4. The molecule has 282 valence electrons. The average Bonchev–Trinajstić information content (AvgIpc) is 3.13. The zero-order valence-electron chi connectivity index (χ0n) is 30.0. The van der Waals surface area contributed by atoms with Gasteiger partial charge in [-0.1, -0.05) is 0 Å². The molecule has 0 saturated heterocycles. The number of hydrogen-bond acceptors (Lipinski definition) is 11. The van der Waals surface area contributed by atoms with Crippen LogP contribution in [0.2, 0.25) is 0 Å². The first kappa shape index (κ1) is 41.1. The maximum absolute atomic E-state index is 13.8. The van der Waals surface area contributed by atoms with Crippen LogP contribution < -0.4 is 55.3 Å². The van der Waals surface area contributed by atoms with Crippen LogP contribution in [0.5, 0.6) is 0 Å². The third-order valence-electron chi connectivity index (χ3n) is 7.10. The highest BCUT2D eigenvalue weighted by atomic mass is 32.2. The largest absolute Gasteiger partial charge is 0.369 e. The smallest absolute Gasteiger partial charge is 0.255 e. The Hall–Kier alpha value is -7.29. The molecular formula is C33H42N18O2S. The number of hydrogen-bond donors (Lipinski definition) is 14. The highest BCUT2D eigenvalue weighted by Gasteiger charge is 2.17. The number of anilines is 2. The van der Waals surface area contributed by atoms with Crippen LogP contribution in [0.25, 0.3) is 0 Å². The first-order chi connectivity index (χ1) is 25.4. The Labute approximate surface area is 314 Å². The second-order valence-electron chi connectivity index (χ2n) is 11.3. The minimum atomic E-state index is -0.519. The quantitative estimate of drug-likeness (QED) is 0.0516. The zero-order valence-corrected chi connectivity index (χ0v) is 30.8. The van der Waals surface area contributed by atoms with Gasteiger partial charge in [0, 0.05) is 49.7 Å². The zero-order chi connectivity index (χ0) is 40.1. The van der Waals surface area contributed by atoms with Crippen molar-refractivity contribution in [3.8, 4) is 0 Å². The number of amides is 2. The van der Waals surface area contributed by atoms with Gasteiger partial charge in [0.15, 0.2) is 0 Å². The summed E-state index contributed by atoms with van der Waals surface area (Å²) >= 11 is 1.34. The van der Waals surface area contributed by atoms with Crippen molar-refractivity contribution in [2.24, 2.45) is 43.3 Å². The lowest BCUT2D eigenvalue weighted by Crippen LogP contribution is -2.27. The van der Waals surface area contributed by atoms with E-state index in [-0.39, 0.29) is 35.0 Å². The molecule has 0 spiro atoms. The summed E-state index contributed by atoms with van der Waals surface area (Å²) in [6, 6.07) is 14.9. The van der Waals surface area contributed by atoms with Gasteiger partial charge in [-0.05, 0) is 88.5 Å². The summed E-state index contributed by atoms with van der Waals surface area (Å²) in [7, 11) is 0. The van der Waals surface area contributed by atoms with Gasteiger partial charge in [0.05, 0.1) is 22.8 Å². The Morgan fingerprint density at radius 2 is 0.741 bits per heavy atom. The summed E-state index contributed by atoms with van der Waals surface area (Å²) in [5.74, 6) is -2.48. The minimum Gasteiger partial charge on any atom is -0.369 e. The molecule has 3 aromatic rings. The number of carbonyl (C=O) groups is 2. The monoisotopic (exact) mass is 754 g/mol. The summed E-state index contributed by atoms with van der Waals surface area (Å²) < 4.78 is 0. The van der Waals surface area contributed by atoms with E-state index in [1.54, 1.807) is 76.2 Å². The molecule has 0 saturated carbocycles. The van der Waals surface area contributed by atoms with Crippen LogP contribution >= 0.6 is 11.8 Å². The van der Waals surface area contributed by atoms with Crippen molar-refractivity contribution in [1.82, 2.24) is 21.7 Å². The molecule has 18 N–H and O–H groups in total. The molecule has 20 nitrogen and oxygen atoms in total. The third kappa shape index (κ3) is 12.5. The summed E-state index contributed by atoms with van der Waals surface area (Å²) in [6.45, 7) is 6.73. The number of nitrogens with zero attached hydrogens (tertiary/aromatic N) is 4. The molecule has 0 atom stereocenters. The lowest BCUT2D eigenvalue weighted by Gasteiger charge is -2.14. The third-order valence-corrected chi connectivity index (χ3v) is 7.80. The first-order valence-electron chi connectivity index (χ1n) is 15.7. The van der Waals surface area contributed by atoms with Gasteiger partial charge in [-0.15, -0.1) is 11.8 Å². The molecule has 0 fully saturated rings. The Morgan fingerprint density at radius 3 is 0.981 bits per heavy atom. The number of nitrogens with two attached hydrogens (primary N) is 4. The number of carbonyl (C=O) groups excluding carboxylic acids is 2. The molecule has 0 unspecified atom stereocenters. The Balaban J connectivity index is 2.02. The summed E-state index contributed by atoms with van der Waals surface area (Å²) in [5.41, 5.74) is 36.2. The molecule has 21 heteroatoms. The SMILES string of the molecule is CSc1cc(C(=O)Nc2cc(/C(C)=N\NC(=N)N)cc(/C(C)=N\NC(=N)N)c2)cc(C(=O)Nc2cc(/C(C)=N\NC(=N)N)cc(/C(C)=N/NC(=N)N)c2)c1. The van der Waals surface area contributed by atoms with Crippen molar-refractivity contribution in [1.29, 1.82) is 21.6 Å². The Bertz CT molecular complexity index is 1880. The van der Waals surface area contributed by atoms with Gasteiger partial charge in [-0.25, -0.2) is 21.7 Å². The highest BCUT2D eigenvalue weighted by Crippen LogP contribution is 2.24. The van der Waals surface area contributed by atoms with Crippen molar-refractivity contribution in [2.75, 3.05) is 16.9 Å². The fraction of sp³-hybridized carbons (Fsp3) is 0.152. The van der Waals surface area contributed by atoms with Crippen LogP contribution in [0.4, 0.5) is 11.4 Å². The van der Waals surface area contributed by atoms with E-state index in [1.807, 2.05) is 6.26 Å². The number of hydrazone groups is 4. The summed E-state index contributed by atoms with van der Waals surface area (Å²) in [6.07, 6.45) is 1.81. The molecule has 0 aliphatic rings. The topological polar surface area (TPSA) is 355 Å². The van der Waals surface area contributed by atoms with E-state index in [1.165, 1.54) is 17.8 Å². The molecule has 0 heterocycles. The lowest BCUT2D eigenvalue weighted by atomic mass is 10.0. The van der Waals surface area contributed by atoms with Crippen LogP contribution in [0.1, 0.15) is 70.7 Å². The van der Waals surface area contributed by atoms with Crippen molar-refractivity contribution in [3.05, 3.63) is 88.0 Å². The van der Waals surface area contributed by atoms with E-state index in [2.05, 4.69) is 52.7 Å². The van der Waals surface area contributed by atoms with Crippen LogP contribution in [0.3, 0.4) is 0 Å². The first-order valence-corrected chi connectivity index (χ1v) is 16.9. The molecule has 3 aromatic carbocycles. The molecular weight excluding hydrogens is 713 g/mol. The molecule has 0 bridgehead atoms. The maximum atomic E-state index is 13.8. The number of thioether (sulfide) groups is 1. The van der Waals surface area contributed by atoms with Crippen molar-refractivity contribution < 1.29 is 9.59 Å². The van der Waals surface area contributed by atoms with Crippen LogP contribution in [0.15, 0.2) is 79.9 Å².